The molecular weight excluding hydrogens is 366 g/mol. The standard InChI is InChI=1S/C14H14BrN5O3/c15-11-3-1-10(2-4-11)9-16-20-14(22)12(17-18-20)13(21)19-5-7-23-8-6-19/h1-4,9,18H,5-8H2. The van der Waals surface area contributed by atoms with Crippen molar-refractivity contribution in [2.45, 2.75) is 0 Å². The van der Waals surface area contributed by atoms with Crippen molar-refractivity contribution in [2.75, 3.05) is 26.3 Å². The molecule has 120 valence electrons. The Morgan fingerprint density at radius 2 is 2.00 bits per heavy atom. The van der Waals surface area contributed by atoms with Crippen molar-refractivity contribution < 1.29 is 9.53 Å². The second-order valence-electron chi connectivity index (χ2n) is 4.88. The number of morpholine rings is 1. The second kappa shape index (κ2) is 6.88. The number of aromatic amines is 1. The Bertz CT molecular complexity index is 774. The number of hydrogen-bond acceptors (Lipinski definition) is 5. The smallest absolute Gasteiger partial charge is 0.320 e. The molecule has 1 aromatic carbocycles. The summed E-state index contributed by atoms with van der Waals surface area (Å²) in [6.45, 7) is 1.83. The molecule has 1 aliphatic rings. The topological polar surface area (TPSA) is 92.6 Å². The van der Waals surface area contributed by atoms with Crippen molar-refractivity contribution in [3.05, 3.63) is 50.3 Å². The Morgan fingerprint density at radius 1 is 1.30 bits per heavy atom. The number of nitrogens with one attached hydrogen (secondary N) is 1. The molecule has 1 amide bonds. The molecule has 8 nitrogen and oxygen atoms in total. The summed E-state index contributed by atoms with van der Waals surface area (Å²) in [7, 11) is 0. The minimum atomic E-state index is -0.574. The SMILES string of the molecule is O=C(c1n[nH]n(N=Cc2ccc(Br)cc2)c1=O)N1CCOCC1. The quantitative estimate of drug-likeness (QED) is 0.793. The van der Waals surface area contributed by atoms with Crippen LogP contribution in [-0.4, -0.2) is 58.4 Å². The second-order valence-corrected chi connectivity index (χ2v) is 5.79. The monoisotopic (exact) mass is 379 g/mol. The number of aromatic nitrogens is 3. The number of halogens is 1. The summed E-state index contributed by atoms with van der Waals surface area (Å²) in [6, 6.07) is 7.42. The van der Waals surface area contributed by atoms with Crippen molar-refractivity contribution in [3.63, 3.8) is 0 Å². The lowest BCUT2D eigenvalue weighted by molar-refractivity contribution is 0.0298. The van der Waals surface area contributed by atoms with E-state index < -0.39 is 11.5 Å². The third-order valence-corrected chi connectivity index (χ3v) is 3.87. The molecule has 2 heterocycles. The first-order valence-corrected chi connectivity index (χ1v) is 7.79. The van der Waals surface area contributed by atoms with Gasteiger partial charge in [-0.25, -0.2) is 0 Å². The van der Waals surface area contributed by atoms with Gasteiger partial charge in [0.1, 0.15) is 0 Å². The van der Waals surface area contributed by atoms with Crippen molar-refractivity contribution in [1.29, 1.82) is 0 Å². The summed E-state index contributed by atoms with van der Waals surface area (Å²) >= 11 is 3.34. The van der Waals surface area contributed by atoms with Gasteiger partial charge in [0.2, 0.25) is 5.69 Å². The maximum atomic E-state index is 12.3. The van der Waals surface area contributed by atoms with Crippen LogP contribution in [0.15, 0.2) is 38.6 Å². The molecule has 1 N–H and O–H groups in total. The first-order valence-electron chi connectivity index (χ1n) is 6.99. The molecule has 1 aliphatic heterocycles. The largest absolute Gasteiger partial charge is 0.378 e. The van der Waals surface area contributed by atoms with Crippen molar-refractivity contribution in [1.82, 2.24) is 20.0 Å². The van der Waals surface area contributed by atoms with Gasteiger partial charge in [-0.2, -0.15) is 10.3 Å². The van der Waals surface area contributed by atoms with Crippen LogP contribution < -0.4 is 5.56 Å². The first-order chi connectivity index (χ1) is 11.1. The molecule has 0 aliphatic carbocycles. The van der Waals surface area contributed by atoms with E-state index in [-0.39, 0.29) is 5.69 Å². The third-order valence-electron chi connectivity index (χ3n) is 3.34. The molecule has 0 saturated carbocycles. The average Bonchev–Trinajstić information content (AvgIpc) is 2.95. The summed E-state index contributed by atoms with van der Waals surface area (Å²) in [4.78, 5) is 26.9. The normalized spacial score (nSPS) is 15.3. The molecule has 1 fully saturated rings. The van der Waals surface area contributed by atoms with Crippen LogP contribution in [0.1, 0.15) is 16.1 Å². The Labute approximate surface area is 139 Å². The molecule has 0 radical (unpaired) electrons. The Balaban J connectivity index is 1.77. The minimum Gasteiger partial charge on any atom is -0.378 e. The number of carbonyl (C=O) groups is 1. The maximum Gasteiger partial charge on any atom is 0.320 e. The third kappa shape index (κ3) is 3.57. The zero-order valence-corrected chi connectivity index (χ0v) is 13.7. The predicted octanol–water partition coefficient (Wildman–Crippen LogP) is 0.688. The molecule has 0 spiro atoms. The van der Waals surface area contributed by atoms with E-state index >= 15 is 0 Å². The van der Waals surface area contributed by atoms with Gasteiger partial charge in [-0.1, -0.05) is 28.1 Å². The van der Waals surface area contributed by atoms with Crippen LogP contribution in [-0.2, 0) is 4.74 Å². The van der Waals surface area contributed by atoms with Gasteiger partial charge in [0.25, 0.3) is 5.91 Å². The van der Waals surface area contributed by atoms with Gasteiger partial charge in [0, 0.05) is 17.6 Å². The van der Waals surface area contributed by atoms with Gasteiger partial charge in [-0.3, -0.25) is 9.59 Å². The van der Waals surface area contributed by atoms with Crippen molar-refractivity contribution in [3.8, 4) is 0 Å². The molecule has 9 heteroatoms. The molecule has 0 unspecified atom stereocenters. The summed E-state index contributed by atoms with van der Waals surface area (Å²) in [5, 5.41) is 10.2. The summed E-state index contributed by atoms with van der Waals surface area (Å²) < 4.78 is 6.14. The van der Waals surface area contributed by atoms with Crippen LogP contribution in [0.5, 0.6) is 0 Å². The highest BCUT2D eigenvalue weighted by Crippen LogP contribution is 2.09. The minimum absolute atomic E-state index is 0.167. The number of carbonyl (C=O) groups excluding carboxylic acids is 1. The van der Waals surface area contributed by atoms with Gasteiger partial charge in [-0.15, -0.1) is 9.89 Å². The fourth-order valence-electron chi connectivity index (χ4n) is 2.10. The fraction of sp³-hybridized carbons (Fsp3) is 0.286. The highest BCUT2D eigenvalue weighted by atomic mass is 79.9. The maximum absolute atomic E-state index is 12.3. The number of amides is 1. The van der Waals surface area contributed by atoms with E-state index in [9.17, 15) is 9.59 Å². The first kappa shape index (κ1) is 15.6. The predicted molar refractivity (Wildman–Crippen MR) is 86.7 cm³/mol. The van der Waals surface area contributed by atoms with Crippen LogP contribution in [0.2, 0.25) is 0 Å². The van der Waals surface area contributed by atoms with Crippen molar-refractivity contribution in [2.24, 2.45) is 5.10 Å². The summed E-state index contributed by atoms with van der Waals surface area (Å²) in [6.07, 6.45) is 1.51. The average molecular weight is 380 g/mol. The number of rotatable bonds is 3. The van der Waals surface area contributed by atoms with Gasteiger partial charge in [0.15, 0.2) is 0 Å². The number of hydrogen-bond donors (Lipinski definition) is 1. The highest BCUT2D eigenvalue weighted by molar-refractivity contribution is 9.10. The Hall–Kier alpha value is -2.26. The molecule has 0 bridgehead atoms. The number of benzene rings is 1. The lowest BCUT2D eigenvalue weighted by atomic mass is 10.2. The van der Waals surface area contributed by atoms with Crippen LogP contribution in [0.25, 0.3) is 0 Å². The van der Waals surface area contributed by atoms with E-state index in [1.165, 1.54) is 6.21 Å². The zero-order chi connectivity index (χ0) is 16.2. The van der Waals surface area contributed by atoms with Gasteiger partial charge in [0.05, 0.1) is 19.4 Å². The van der Waals surface area contributed by atoms with Crippen LogP contribution >= 0.6 is 15.9 Å². The fourth-order valence-corrected chi connectivity index (χ4v) is 2.36. The van der Waals surface area contributed by atoms with E-state index in [1.807, 2.05) is 24.3 Å². The lowest BCUT2D eigenvalue weighted by Gasteiger charge is -2.25. The molecule has 3 rings (SSSR count). The molecule has 2 aromatic rings. The molecule has 1 saturated heterocycles. The summed E-state index contributed by atoms with van der Waals surface area (Å²) in [5.41, 5.74) is 0.0745. The van der Waals surface area contributed by atoms with E-state index in [0.29, 0.717) is 26.3 Å². The van der Waals surface area contributed by atoms with E-state index in [1.54, 1.807) is 4.90 Å². The summed E-state index contributed by atoms with van der Waals surface area (Å²) in [5.74, 6) is -0.410. The molecule has 1 aromatic heterocycles. The Kier molecular flexibility index (Phi) is 4.68. The molecule has 23 heavy (non-hydrogen) atoms. The lowest BCUT2D eigenvalue weighted by Crippen LogP contribution is -2.42. The molecule has 0 atom stereocenters. The zero-order valence-electron chi connectivity index (χ0n) is 12.1. The number of H-pyrrole nitrogens is 1. The van der Waals surface area contributed by atoms with Gasteiger partial charge < -0.3 is 9.64 Å². The number of ether oxygens (including phenoxy) is 1. The van der Waals surface area contributed by atoms with Gasteiger partial charge >= 0.3 is 5.56 Å². The Morgan fingerprint density at radius 3 is 2.70 bits per heavy atom. The van der Waals surface area contributed by atoms with Crippen LogP contribution in [0.3, 0.4) is 0 Å². The van der Waals surface area contributed by atoms with Crippen LogP contribution in [0, 0.1) is 0 Å². The highest BCUT2D eigenvalue weighted by Gasteiger charge is 2.24. The van der Waals surface area contributed by atoms with Crippen LogP contribution in [0.4, 0.5) is 0 Å². The van der Waals surface area contributed by atoms with Crippen molar-refractivity contribution >= 4 is 28.1 Å². The van der Waals surface area contributed by atoms with E-state index in [2.05, 4.69) is 31.3 Å². The number of nitrogens with zero attached hydrogens (tertiary/aromatic N) is 4. The molecular formula is C14H14BrN5O3. The van der Waals surface area contributed by atoms with E-state index in [4.69, 9.17) is 4.74 Å². The van der Waals surface area contributed by atoms with Gasteiger partial charge in [-0.05, 0) is 17.7 Å². The van der Waals surface area contributed by atoms with E-state index in [0.717, 1.165) is 14.8 Å².